The van der Waals surface area contributed by atoms with E-state index in [2.05, 4.69) is 18.0 Å². The minimum absolute atomic E-state index is 0.253. The first kappa shape index (κ1) is 11.6. The molecule has 0 aliphatic heterocycles. The molecule has 3 heteroatoms. The van der Waals surface area contributed by atoms with E-state index in [-0.39, 0.29) is 6.10 Å². The van der Waals surface area contributed by atoms with E-state index >= 15 is 0 Å². The first-order chi connectivity index (χ1) is 7.70. The lowest BCUT2D eigenvalue weighted by atomic mass is 9.97. The Kier molecular flexibility index (Phi) is 3.56. The van der Waals surface area contributed by atoms with Crippen LogP contribution in [-0.2, 0) is 6.42 Å². The average molecular weight is 235 g/mol. The maximum Gasteiger partial charge on any atom is 0.0942 e. The highest BCUT2D eigenvalue weighted by Gasteiger charge is 2.15. The number of fused-ring (bicyclic) bond motifs is 1. The number of aliphatic hydroxyl groups is 1. The Morgan fingerprint density at radius 3 is 2.75 bits per heavy atom. The molecule has 0 saturated carbocycles. The average Bonchev–Trinajstić information content (AvgIpc) is 2.67. The standard InChI is InChI=1S/C13H17NOS/c1-3-10(9(2)15)8-13-14-11-6-4-5-7-12(11)16-13/h4-7,9-10,15H,3,8H2,1-2H3. The molecule has 0 radical (unpaired) electrons. The van der Waals surface area contributed by atoms with Crippen molar-refractivity contribution in [3.8, 4) is 0 Å². The predicted molar refractivity (Wildman–Crippen MR) is 68.8 cm³/mol. The van der Waals surface area contributed by atoms with E-state index in [1.54, 1.807) is 11.3 Å². The number of thiazole rings is 1. The minimum Gasteiger partial charge on any atom is -0.393 e. The van der Waals surface area contributed by atoms with Crippen molar-refractivity contribution in [2.75, 3.05) is 0 Å². The molecule has 2 atom stereocenters. The van der Waals surface area contributed by atoms with Crippen LogP contribution in [0.5, 0.6) is 0 Å². The van der Waals surface area contributed by atoms with Crippen LogP contribution in [-0.4, -0.2) is 16.2 Å². The highest BCUT2D eigenvalue weighted by Crippen LogP contribution is 2.25. The number of rotatable bonds is 4. The van der Waals surface area contributed by atoms with Crippen LogP contribution in [0.1, 0.15) is 25.3 Å². The van der Waals surface area contributed by atoms with E-state index in [4.69, 9.17) is 0 Å². The van der Waals surface area contributed by atoms with Gasteiger partial charge in [0.25, 0.3) is 0 Å². The van der Waals surface area contributed by atoms with Gasteiger partial charge in [0, 0.05) is 6.42 Å². The summed E-state index contributed by atoms with van der Waals surface area (Å²) in [6.45, 7) is 3.98. The van der Waals surface area contributed by atoms with E-state index in [1.807, 2.05) is 25.1 Å². The Hall–Kier alpha value is -0.930. The molecule has 2 unspecified atom stereocenters. The van der Waals surface area contributed by atoms with Crippen LogP contribution in [0.15, 0.2) is 24.3 Å². The van der Waals surface area contributed by atoms with Crippen LogP contribution in [0.3, 0.4) is 0 Å². The quantitative estimate of drug-likeness (QED) is 0.882. The number of hydrogen-bond acceptors (Lipinski definition) is 3. The number of aromatic nitrogens is 1. The summed E-state index contributed by atoms with van der Waals surface area (Å²) in [6, 6.07) is 8.19. The Morgan fingerprint density at radius 2 is 2.12 bits per heavy atom. The lowest BCUT2D eigenvalue weighted by Gasteiger charge is -2.15. The molecular weight excluding hydrogens is 218 g/mol. The van der Waals surface area contributed by atoms with Crippen LogP contribution in [0.25, 0.3) is 10.2 Å². The van der Waals surface area contributed by atoms with Crippen molar-refractivity contribution >= 4 is 21.6 Å². The van der Waals surface area contributed by atoms with Crippen LogP contribution in [0.2, 0.25) is 0 Å². The van der Waals surface area contributed by atoms with Gasteiger partial charge < -0.3 is 5.11 Å². The summed E-state index contributed by atoms with van der Waals surface area (Å²) in [4.78, 5) is 4.59. The van der Waals surface area contributed by atoms with E-state index in [0.717, 1.165) is 23.4 Å². The van der Waals surface area contributed by atoms with Gasteiger partial charge >= 0.3 is 0 Å². The third kappa shape index (κ3) is 2.42. The van der Waals surface area contributed by atoms with Gasteiger partial charge in [0.15, 0.2) is 0 Å². The summed E-state index contributed by atoms with van der Waals surface area (Å²) >= 11 is 1.74. The molecule has 1 aromatic heterocycles. The first-order valence-corrected chi connectivity index (χ1v) is 6.55. The van der Waals surface area contributed by atoms with Crippen LogP contribution >= 0.6 is 11.3 Å². The zero-order valence-corrected chi connectivity index (χ0v) is 10.5. The fourth-order valence-corrected chi connectivity index (χ4v) is 2.95. The molecule has 2 nitrogen and oxygen atoms in total. The molecule has 0 fully saturated rings. The van der Waals surface area contributed by atoms with Crippen molar-refractivity contribution in [1.29, 1.82) is 0 Å². The van der Waals surface area contributed by atoms with Gasteiger partial charge in [0.05, 0.1) is 21.3 Å². The van der Waals surface area contributed by atoms with Crippen LogP contribution in [0, 0.1) is 5.92 Å². The molecule has 16 heavy (non-hydrogen) atoms. The lowest BCUT2D eigenvalue weighted by molar-refractivity contribution is 0.123. The largest absolute Gasteiger partial charge is 0.393 e. The molecular formula is C13H17NOS. The zero-order chi connectivity index (χ0) is 11.5. The first-order valence-electron chi connectivity index (χ1n) is 5.73. The number of nitrogens with zero attached hydrogens (tertiary/aromatic N) is 1. The van der Waals surface area contributed by atoms with Crippen LogP contribution in [0.4, 0.5) is 0 Å². The highest BCUT2D eigenvalue weighted by molar-refractivity contribution is 7.18. The number of aliphatic hydroxyl groups excluding tert-OH is 1. The molecule has 0 aliphatic rings. The molecule has 0 aliphatic carbocycles. The van der Waals surface area contributed by atoms with Gasteiger partial charge in [-0.15, -0.1) is 11.3 Å². The molecule has 1 N–H and O–H groups in total. The van der Waals surface area contributed by atoms with E-state index in [1.165, 1.54) is 4.70 Å². The monoisotopic (exact) mass is 235 g/mol. The Balaban J connectivity index is 2.20. The second-order valence-corrected chi connectivity index (χ2v) is 5.30. The number of hydrogen-bond donors (Lipinski definition) is 1. The second kappa shape index (κ2) is 4.93. The Bertz CT molecular complexity index is 431. The molecule has 0 spiro atoms. The Labute approximate surface area is 100.0 Å². The van der Waals surface area contributed by atoms with Crippen molar-refractivity contribution in [2.45, 2.75) is 32.8 Å². The van der Waals surface area contributed by atoms with Crippen molar-refractivity contribution in [2.24, 2.45) is 5.92 Å². The molecule has 0 bridgehead atoms. The smallest absolute Gasteiger partial charge is 0.0942 e. The third-order valence-electron chi connectivity index (χ3n) is 2.98. The van der Waals surface area contributed by atoms with E-state index < -0.39 is 0 Å². The van der Waals surface area contributed by atoms with Gasteiger partial charge in [-0.3, -0.25) is 0 Å². The van der Waals surface area contributed by atoms with Gasteiger partial charge in [-0.05, 0) is 25.0 Å². The number of para-hydroxylation sites is 1. The summed E-state index contributed by atoms with van der Waals surface area (Å²) < 4.78 is 1.23. The van der Waals surface area contributed by atoms with Gasteiger partial charge in [0.2, 0.25) is 0 Å². The third-order valence-corrected chi connectivity index (χ3v) is 4.04. The van der Waals surface area contributed by atoms with Gasteiger partial charge in [-0.25, -0.2) is 4.98 Å². The predicted octanol–water partition coefficient (Wildman–Crippen LogP) is 3.25. The van der Waals surface area contributed by atoms with Gasteiger partial charge in [0.1, 0.15) is 0 Å². The molecule has 1 aromatic carbocycles. The minimum atomic E-state index is -0.253. The summed E-state index contributed by atoms with van der Waals surface area (Å²) in [7, 11) is 0. The van der Waals surface area contributed by atoms with Crippen molar-refractivity contribution in [3.63, 3.8) is 0 Å². The maximum absolute atomic E-state index is 9.63. The van der Waals surface area contributed by atoms with Crippen LogP contribution < -0.4 is 0 Å². The molecule has 1 heterocycles. The Morgan fingerprint density at radius 1 is 1.38 bits per heavy atom. The summed E-state index contributed by atoms with van der Waals surface area (Å²) in [5.41, 5.74) is 1.07. The van der Waals surface area contributed by atoms with E-state index in [9.17, 15) is 5.11 Å². The summed E-state index contributed by atoms with van der Waals surface area (Å²) in [6.07, 6.45) is 1.62. The van der Waals surface area contributed by atoms with Crippen molar-refractivity contribution in [1.82, 2.24) is 4.98 Å². The summed E-state index contributed by atoms with van der Waals surface area (Å²) in [5, 5.41) is 10.8. The van der Waals surface area contributed by atoms with Crippen molar-refractivity contribution in [3.05, 3.63) is 29.3 Å². The molecule has 86 valence electrons. The topological polar surface area (TPSA) is 33.1 Å². The fraction of sp³-hybridized carbons (Fsp3) is 0.462. The normalized spacial score (nSPS) is 15.2. The second-order valence-electron chi connectivity index (χ2n) is 4.19. The fourth-order valence-electron chi connectivity index (χ4n) is 1.89. The SMILES string of the molecule is CCC(Cc1nc2ccccc2s1)C(C)O. The highest BCUT2D eigenvalue weighted by atomic mass is 32.1. The molecule has 0 amide bonds. The van der Waals surface area contributed by atoms with Gasteiger partial charge in [-0.1, -0.05) is 25.5 Å². The van der Waals surface area contributed by atoms with Gasteiger partial charge in [-0.2, -0.15) is 0 Å². The molecule has 2 rings (SSSR count). The lowest BCUT2D eigenvalue weighted by Crippen LogP contribution is -2.18. The zero-order valence-electron chi connectivity index (χ0n) is 9.68. The summed E-state index contributed by atoms with van der Waals surface area (Å²) in [5.74, 6) is 0.320. The maximum atomic E-state index is 9.63. The number of benzene rings is 1. The molecule has 2 aromatic rings. The van der Waals surface area contributed by atoms with E-state index in [0.29, 0.717) is 5.92 Å². The van der Waals surface area contributed by atoms with Crippen molar-refractivity contribution < 1.29 is 5.11 Å². The molecule has 0 saturated heterocycles.